The fourth-order valence-corrected chi connectivity index (χ4v) is 5.47. The lowest BCUT2D eigenvalue weighted by molar-refractivity contribution is 0.313. The first-order chi connectivity index (χ1) is 18.0. The van der Waals surface area contributed by atoms with Crippen molar-refractivity contribution in [1.82, 2.24) is 34.4 Å². The van der Waals surface area contributed by atoms with Gasteiger partial charge in [-0.25, -0.2) is 28.1 Å². The Morgan fingerprint density at radius 2 is 1.95 bits per heavy atom. The fraction of sp³-hybridized carbons (Fsp3) is 0.400. The predicted molar refractivity (Wildman–Crippen MR) is 149 cm³/mol. The molecule has 200 valence electrons. The summed E-state index contributed by atoms with van der Waals surface area (Å²) in [4.78, 5) is 20.7. The summed E-state index contributed by atoms with van der Waals surface area (Å²) in [6.45, 7) is 7.49. The van der Waals surface area contributed by atoms with Gasteiger partial charge in [-0.1, -0.05) is 25.4 Å². The van der Waals surface area contributed by atoms with E-state index < -0.39 is 10.0 Å². The minimum absolute atomic E-state index is 0.163. The molecule has 0 amide bonds. The van der Waals surface area contributed by atoms with E-state index >= 15 is 0 Å². The van der Waals surface area contributed by atoms with Gasteiger partial charge >= 0.3 is 0 Å². The maximum absolute atomic E-state index is 11.5. The second kappa shape index (κ2) is 10.1. The topological polar surface area (TPSA) is 131 Å². The van der Waals surface area contributed by atoms with Gasteiger partial charge < -0.3 is 10.2 Å². The van der Waals surface area contributed by atoms with Crippen LogP contribution in [0.25, 0.3) is 22.2 Å². The van der Waals surface area contributed by atoms with Gasteiger partial charge in [0.05, 0.1) is 29.4 Å². The van der Waals surface area contributed by atoms with Crippen molar-refractivity contribution in [3.63, 3.8) is 0 Å². The molecular formula is C25H30ClN9O2S. The molecule has 1 saturated heterocycles. The van der Waals surface area contributed by atoms with Crippen LogP contribution in [0.1, 0.15) is 32.4 Å². The summed E-state index contributed by atoms with van der Waals surface area (Å²) >= 11 is 6.23. The van der Waals surface area contributed by atoms with Crippen molar-refractivity contribution in [1.29, 1.82) is 0 Å². The minimum atomic E-state index is -3.22. The first kappa shape index (κ1) is 26.3. The summed E-state index contributed by atoms with van der Waals surface area (Å²) in [6, 6.07) is 3.92. The average Bonchev–Trinajstić information content (AvgIpc) is 3.19. The Kier molecular flexibility index (Phi) is 6.97. The Labute approximate surface area is 226 Å². The van der Waals surface area contributed by atoms with Crippen LogP contribution in [-0.2, 0) is 17.1 Å². The number of pyridine rings is 2. The summed E-state index contributed by atoms with van der Waals surface area (Å²) in [5, 5.41) is 9.78. The zero-order valence-corrected chi connectivity index (χ0v) is 23.4. The Bertz CT molecular complexity index is 1610. The van der Waals surface area contributed by atoms with Crippen molar-refractivity contribution in [2.75, 3.05) is 29.6 Å². The molecule has 5 rings (SSSR count). The molecule has 0 bridgehead atoms. The van der Waals surface area contributed by atoms with Crippen molar-refractivity contribution in [2.45, 2.75) is 32.7 Å². The summed E-state index contributed by atoms with van der Waals surface area (Å²) in [5.41, 5.74) is 2.61. The molecule has 38 heavy (non-hydrogen) atoms. The average molecular weight is 556 g/mol. The quantitative estimate of drug-likeness (QED) is 0.334. The molecule has 0 unspecified atom stereocenters. The second-order valence-corrected chi connectivity index (χ2v) is 12.2. The molecule has 0 radical (unpaired) electrons. The zero-order chi connectivity index (χ0) is 27.2. The lowest BCUT2D eigenvalue weighted by Crippen LogP contribution is -2.58. The normalized spacial score (nSPS) is 17.7. The largest absolute Gasteiger partial charge is 0.366 e. The van der Waals surface area contributed by atoms with Crippen LogP contribution in [0.3, 0.4) is 0 Å². The van der Waals surface area contributed by atoms with Gasteiger partial charge in [0.2, 0.25) is 10.0 Å². The number of aromatic nitrogens is 6. The third-order valence-corrected chi connectivity index (χ3v) is 7.76. The molecule has 1 aliphatic heterocycles. The number of sulfonamides is 1. The molecule has 0 aliphatic carbocycles. The molecule has 2 N–H and O–H groups in total. The number of nitrogens with one attached hydrogen (secondary N) is 2. The summed E-state index contributed by atoms with van der Waals surface area (Å²) in [7, 11) is -1.43. The van der Waals surface area contributed by atoms with E-state index in [1.165, 1.54) is 6.26 Å². The number of hydrogen-bond donors (Lipinski definition) is 2. The molecule has 5 heterocycles. The van der Waals surface area contributed by atoms with Gasteiger partial charge in [-0.05, 0) is 25.0 Å². The number of aryl methyl sites for hydroxylation is 1. The second-order valence-electron chi connectivity index (χ2n) is 9.97. The van der Waals surface area contributed by atoms with E-state index in [1.54, 1.807) is 30.2 Å². The minimum Gasteiger partial charge on any atom is -0.366 e. The summed E-state index contributed by atoms with van der Waals surface area (Å²) < 4.78 is 27.3. The van der Waals surface area contributed by atoms with Crippen LogP contribution in [0, 0.1) is 5.92 Å². The SMILES string of the molecule is CC(C)c1ncc(N2C[C@@H](CNS(C)(=O)=O)[C@H]2C)c2cnc(Nc3ccnc(-c4cn(C)nc4Cl)n3)cc12. The van der Waals surface area contributed by atoms with E-state index in [0.29, 0.717) is 34.7 Å². The Morgan fingerprint density at radius 1 is 1.16 bits per heavy atom. The number of hydrogen-bond acceptors (Lipinski definition) is 9. The maximum atomic E-state index is 11.5. The van der Waals surface area contributed by atoms with Gasteiger partial charge in [0, 0.05) is 61.5 Å². The lowest BCUT2D eigenvalue weighted by atomic mass is 9.88. The molecule has 4 aromatic rings. The molecule has 11 nitrogen and oxygen atoms in total. The van der Waals surface area contributed by atoms with E-state index in [2.05, 4.69) is 55.8 Å². The zero-order valence-electron chi connectivity index (χ0n) is 21.8. The van der Waals surface area contributed by atoms with Gasteiger partial charge in [-0.2, -0.15) is 5.10 Å². The summed E-state index contributed by atoms with van der Waals surface area (Å²) in [6.07, 6.45) is 8.38. The van der Waals surface area contributed by atoms with Crippen LogP contribution < -0.4 is 14.9 Å². The van der Waals surface area contributed by atoms with E-state index in [-0.39, 0.29) is 17.9 Å². The fourth-order valence-electron chi connectivity index (χ4n) is 4.70. The molecule has 0 saturated carbocycles. The highest BCUT2D eigenvalue weighted by molar-refractivity contribution is 7.88. The van der Waals surface area contributed by atoms with Crippen molar-refractivity contribution in [3.8, 4) is 11.4 Å². The Morgan fingerprint density at radius 3 is 2.61 bits per heavy atom. The molecule has 1 fully saturated rings. The highest BCUT2D eigenvalue weighted by Crippen LogP contribution is 2.38. The highest BCUT2D eigenvalue weighted by atomic mass is 35.5. The molecule has 4 aromatic heterocycles. The van der Waals surface area contributed by atoms with Crippen molar-refractivity contribution >= 4 is 49.7 Å². The standard InChI is InChI=1S/C25H30ClN9O2S/c1-14(2)23-17-8-22(31-21-6-7-27-25(32-21)19-13-34(4)33-24(19)26)28-10-18(17)20(11-29-23)35-12-16(15(35)3)9-30-38(5,36)37/h6-8,10-11,13-16,30H,9,12H2,1-5H3,(H,27,28,31,32)/t15-,16-/m1/s1. The number of nitrogens with zero attached hydrogens (tertiary/aromatic N) is 7. The molecule has 2 atom stereocenters. The van der Waals surface area contributed by atoms with E-state index in [1.807, 2.05) is 18.5 Å². The molecule has 0 spiro atoms. The molecular weight excluding hydrogens is 526 g/mol. The number of anilines is 3. The van der Waals surface area contributed by atoms with Crippen molar-refractivity contribution < 1.29 is 8.42 Å². The third kappa shape index (κ3) is 5.29. The summed E-state index contributed by atoms with van der Waals surface area (Å²) in [5.74, 6) is 2.11. The van der Waals surface area contributed by atoms with Crippen LogP contribution >= 0.6 is 11.6 Å². The third-order valence-electron chi connectivity index (χ3n) is 6.79. The van der Waals surface area contributed by atoms with Gasteiger partial charge in [-0.3, -0.25) is 9.67 Å². The molecule has 1 aliphatic rings. The maximum Gasteiger partial charge on any atom is 0.208 e. The van der Waals surface area contributed by atoms with Crippen LogP contribution in [0.5, 0.6) is 0 Å². The van der Waals surface area contributed by atoms with Crippen LogP contribution in [0.15, 0.2) is 36.9 Å². The van der Waals surface area contributed by atoms with Gasteiger partial charge in [0.25, 0.3) is 0 Å². The van der Waals surface area contributed by atoms with Crippen molar-refractivity contribution in [3.05, 3.63) is 47.8 Å². The van der Waals surface area contributed by atoms with E-state index in [0.717, 1.165) is 28.7 Å². The van der Waals surface area contributed by atoms with Crippen LogP contribution in [-0.4, -0.2) is 63.5 Å². The van der Waals surface area contributed by atoms with Crippen molar-refractivity contribution in [2.24, 2.45) is 13.0 Å². The first-order valence-electron chi connectivity index (χ1n) is 12.3. The van der Waals surface area contributed by atoms with Crippen LogP contribution in [0.2, 0.25) is 5.15 Å². The predicted octanol–water partition coefficient (Wildman–Crippen LogP) is 3.71. The Hall–Kier alpha value is -3.35. The highest BCUT2D eigenvalue weighted by Gasteiger charge is 2.37. The monoisotopic (exact) mass is 555 g/mol. The smallest absolute Gasteiger partial charge is 0.208 e. The lowest BCUT2D eigenvalue weighted by Gasteiger charge is -2.48. The van der Waals surface area contributed by atoms with E-state index in [4.69, 9.17) is 16.6 Å². The van der Waals surface area contributed by atoms with Gasteiger partial charge in [0.15, 0.2) is 11.0 Å². The molecule has 13 heteroatoms. The number of rotatable bonds is 8. The van der Waals surface area contributed by atoms with Crippen LogP contribution in [0.4, 0.5) is 17.3 Å². The van der Waals surface area contributed by atoms with Gasteiger partial charge in [0.1, 0.15) is 11.6 Å². The van der Waals surface area contributed by atoms with E-state index in [9.17, 15) is 8.42 Å². The Balaban J connectivity index is 1.43. The first-order valence-corrected chi connectivity index (χ1v) is 14.6. The number of halogens is 1. The number of fused-ring (bicyclic) bond motifs is 1. The van der Waals surface area contributed by atoms with Gasteiger partial charge in [-0.15, -0.1) is 0 Å². The molecule has 0 aromatic carbocycles.